The second-order valence-corrected chi connectivity index (χ2v) is 4.02. The van der Waals surface area contributed by atoms with Gasteiger partial charge >= 0.3 is 0 Å². The maximum absolute atomic E-state index is 8.69. The number of hydrogen-bond acceptors (Lipinski definition) is 4. The molecule has 1 heterocycles. The number of nitrogens with zero attached hydrogens (tertiary/aromatic N) is 1. The van der Waals surface area contributed by atoms with E-state index in [0.717, 1.165) is 19.3 Å². The Hall–Kier alpha value is -0.970. The van der Waals surface area contributed by atoms with Crippen LogP contribution in [0.5, 0.6) is 0 Å². The first-order valence-corrected chi connectivity index (χ1v) is 5.96. The lowest BCUT2D eigenvalue weighted by atomic mass is 10.1. The van der Waals surface area contributed by atoms with Gasteiger partial charge in [-0.25, -0.2) is 0 Å². The summed E-state index contributed by atoms with van der Waals surface area (Å²) in [6, 6.07) is 0. The molecule has 0 saturated carbocycles. The smallest absolute Gasteiger partial charge is 0.201 e. The number of aliphatic hydroxyl groups excluding tert-OH is 1. The van der Waals surface area contributed by atoms with Crippen LogP contribution in [0.3, 0.4) is 0 Å². The molecule has 0 aliphatic carbocycles. The summed E-state index contributed by atoms with van der Waals surface area (Å²) in [5, 5.41) is 8.69. The van der Waals surface area contributed by atoms with Crippen LogP contribution in [0.1, 0.15) is 26.2 Å². The molecule has 1 aliphatic heterocycles. The molecule has 1 aliphatic rings. The van der Waals surface area contributed by atoms with Gasteiger partial charge in [-0.05, 0) is 39.0 Å². The van der Waals surface area contributed by atoms with Crippen molar-refractivity contribution in [2.24, 2.45) is 4.99 Å². The average molecular weight is 239 g/mol. The zero-order valence-electron chi connectivity index (χ0n) is 10.4. The minimum Gasteiger partial charge on any atom is -0.396 e. The minimum atomic E-state index is -0.367. The van der Waals surface area contributed by atoms with E-state index in [1.807, 2.05) is 12.2 Å². The zero-order chi connectivity index (χ0) is 12.5. The molecule has 17 heavy (non-hydrogen) atoms. The first-order valence-electron chi connectivity index (χ1n) is 5.96. The molecule has 0 amide bonds. The molecule has 4 heteroatoms. The van der Waals surface area contributed by atoms with Crippen LogP contribution in [0, 0.1) is 0 Å². The minimum absolute atomic E-state index is 0.256. The summed E-state index contributed by atoms with van der Waals surface area (Å²) < 4.78 is 10.7. The second kappa shape index (κ2) is 8.17. The lowest BCUT2D eigenvalue weighted by molar-refractivity contribution is -0.0117. The Kier molecular flexibility index (Phi) is 6.77. The summed E-state index contributed by atoms with van der Waals surface area (Å²) in [7, 11) is 0. The van der Waals surface area contributed by atoms with E-state index in [9.17, 15) is 0 Å². The second-order valence-electron chi connectivity index (χ2n) is 4.02. The summed E-state index contributed by atoms with van der Waals surface area (Å²) in [5.41, 5.74) is 1.96. The van der Waals surface area contributed by atoms with Crippen LogP contribution < -0.4 is 0 Å². The van der Waals surface area contributed by atoms with Gasteiger partial charge in [0.25, 0.3) is 0 Å². The molecule has 0 unspecified atom stereocenters. The molecule has 0 atom stereocenters. The number of rotatable bonds is 7. The lowest BCUT2D eigenvalue weighted by Gasteiger charge is -2.08. The molecular formula is C13H21NO3. The van der Waals surface area contributed by atoms with Crippen molar-refractivity contribution in [3.63, 3.8) is 0 Å². The largest absolute Gasteiger partial charge is 0.396 e. The lowest BCUT2D eigenvalue weighted by Crippen LogP contribution is -2.09. The Morgan fingerprint density at radius 3 is 2.65 bits per heavy atom. The highest BCUT2D eigenvalue weighted by Gasteiger charge is 2.19. The number of aliphatic hydroxyl groups is 1. The van der Waals surface area contributed by atoms with Gasteiger partial charge in [-0.2, -0.15) is 0 Å². The number of ether oxygens (including phenoxy) is 2. The molecule has 0 aromatic carbocycles. The van der Waals surface area contributed by atoms with Crippen molar-refractivity contribution >= 4 is 6.72 Å². The normalized spacial score (nSPS) is 18.7. The van der Waals surface area contributed by atoms with Crippen molar-refractivity contribution in [2.75, 3.05) is 19.8 Å². The Morgan fingerprint density at radius 1 is 1.35 bits per heavy atom. The van der Waals surface area contributed by atoms with Crippen LogP contribution in [0.15, 0.2) is 28.4 Å². The van der Waals surface area contributed by atoms with Crippen LogP contribution in [-0.2, 0) is 9.47 Å². The van der Waals surface area contributed by atoms with Gasteiger partial charge in [-0.3, -0.25) is 4.99 Å². The predicted octanol–water partition coefficient (Wildman–Crippen LogP) is 2.05. The Balaban J connectivity index is 2.46. The quantitative estimate of drug-likeness (QED) is 0.420. The van der Waals surface area contributed by atoms with Crippen molar-refractivity contribution in [1.82, 2.24) is 0 Å². The van der Waals surface area contributed by atoms with Gasteiger partial charge in [-0.15, -0.1) is 0 Å². The number of aliphatic imine (C=N–C) groups is 1. The summed E-state index contributed by atoms with van der Waals surface area (Å²) in [6.07, 6.45) is 6.35. The molecule has 0 aromatic heterocycles. The van der Waals surface area contributed by atoms with Crippen LogP contribution in [0.4, 0.5) is 0 Å². The van der Waals surface area contributed by atoms with Crippen molar-refractivity contribution < 1.29 is 14.6 Å². The molecule has 96 valence electrons. The third-order valence-corrected chi connectivity index (χ3v) is 2.56. The van der Waals surface area contributed by atoms with Gasteiger partial charge in [0.05, 0.1) is 18.9 Å². The maximum atomic E-state index is 8.69. The van der Waals surface area contributed by atoms with Gasteiger partial charge in [0, 0.05) is 6.61 Å². The van der Waals surface area contributed by atoms with Gasteiger partial charge in [0.2, 0.25) is 6.29 Å². The van der Waals surface area contributed by atoms with Crippen molar-refractivity contribution in [3.8, 4) is 0 Å². The summed E-state index contributed by atoms with van der Waals surface area (Å²) in [6.45, 7) is 7.05. The third-order valence-electron chi connectivity index (χ3n) is 2.56. The topological polar surface area (TPSA) is 51.1 Å². The number of allylic oxidation sites excluding steroid dienone is 3. The van der Waals surface area contributed by atoms with Crippen LogP contribution >= 0.6 is 0 Å². The number of hydrogen-bond donors (Lipinski definition) is 1. The molecule has 0 radical (unpaired) electrons. The average Bonchev–Trinajstić information content (AvgIpc) is 2.84. The van der Waals surface area contributed by atoms with Gasteiger partial charge in [0.15, 0.2) is 0 Å². The molecular weight excluding hydrogens is 218 g/mol. The van der Waals surface area contributed by atoms with Gasteiger partial charge in [-0.1, -0.05) is 11.6 Å². The van der Waals surface area contributed by atoms with E-state index in [-0.39, 0.29) is 12.9 Å². The van der Waals surface area contributed by atoms with Crippen LogP contribution in [-0.4, -0.2) is 37.9 Å². The summed E-state index contributed by atoms with van der Waals surface area (Å²) in [4.78, 5) is 3.91. The highest BCUT2D eigenvalue weighted by molar-refractivity contribution is 5.31. The molecule has 1 rings (SSSR count). The van der Waals surface area contributed by atoms with E-state index in [0.29, 0.717) is 18.9 Å². The maximum Gasteiger partial charge on any atom is 0.201 e. The molecule has 1 fully saturated rings. The Labute approximate surface area is 103 Å². The standard InChI is InChI=1S/C13H21NO3/c1-11(5-3-4-8-15)6-7-12(14-2)13-16-9-10-17-13/h6-7,13,15H,2-5,8-10H2,1H3/b11-6+,12-7-. The Bertz CT molecular complexity index is 291. The van der Waals surface area contributed by atoms with Crippen LogP contribution in [0.2, 0.25) is 0 Å². The fourth-order valence-electron chi connectivity index (χ4n) is 1.56. The van der Waals surface area contributed by atoms with E-state index in [1.165, 1.54) is 5.57 Å². The van der Waals surface area contributed by atoms with Gasteiger partial charge in [0.1, 0.15) is 0 Å². The summed E-state index contributed by atoms with van der Waals surface area (Å²) in [5.74, 6) is 0. The van der Waals surface area contributed by atoms with E-state index < -0.39 is 0 Å². The van der Waals surface area contributed by atoms with E-state index in [2.05, 4.69) is 18.6 Å². The van der Waals surface area contributed by atoms with Crippen molar-refractivity contribution in [2.45, 2.75) is 32.5 Å². The molecule has 4 nitrogen and oxygen atoms in total. The zero-order valence-corrected chi connectivity index (χ0v) is 10.4. The molecule has 0 spiro atoms. The first-order chi connectivity index (χ1) is 8.27. The fraction of sp³-hybridized carbons (Fsp3) is 0.615. The third kappa shape index (κ3) is 5.26. The molecule has 0 aromatic rings. The van der Waals surface area contributed by atoms with Crippen molar-refractivity contribution in [3.05, 3.63) is 23.4 Å². The number of unbranched alkanes of at least 4 members (excludes halogenated alkanes) is 1. The first kappa shape index (κ1) is 14.1. The predicted molar refractivity (Wildman–Crippen MR) is 68.0 cm³/mol. The monoisotopic (exact) mass is 239 g/mol. The van der Waals surface area contributed by atoms with E-state index in [1.54, 1.807) is 0 Å². The summed E-state index contributed by atoms with van der Waals surface area (Å²) >= 11 is 0. The van der Waals surface area contributed by atoms with Crippen LogP contribution in [0.25, 0.3) is 0 Å². The molecule has 1 N–H and O–H groups in total. The Morgan fingerprint density at radius 2 is 2.06 bits per heavy atom. The molecule has 1 saturated heterocycles. The van der Waals surface area contributed by atoms with Gasteiger partial charge < -0.3 is 14.6 Å². The highest BCUT2D eigenvalue weighted by Crippen LogP contribution is 2.16. The SMILES string of the molecule is C=N/C(=C\C=C(/C)CCCCO)C1OCCO1. The highest BCUT2D eigenvalue weighted by atomic mass is 16.7. The van der Waals surface area contributed by atoms with E-state index in [4.69, 9.17) is 14.6 Å². The fourth-order valence-corrected chi connectivity index (χ4v) is 1.56. The van der Waals surface area contributed by atoms with Crippen molar-refractivity contribution in [1.29, 1.82) is 0 Å². The molecule has 0 bridgehead atoms. The van der Waals surface area contributed by atoms with E-state index >= 15 is 0 Å².